The number of hydrogen-bond donors (Lipinski definition) is 1. The first kappa shape index (κ1) is 19.8. The molecule has 3 aromatic heterocycles. The van der Waals surface area contributed by atoms with Gasteiger partial charge in [0.2, 0.25) is 0 Å². The maximum atomic E-state index is 12.2. The first-order valence-electron chi connectivity index (χ1n) is 10.3. The summed E-state index contributed by atoms with van der Waals surface area (Å²) in [6.45, 7) is 3.74. The molecule has 3 heterocycles. The van der Waals surface area contributed by atoms with Crippen molar-refractivity contribution in [3.63, 3.8) is 0 Å². The van der Waals surface area contributed by atoms with Crippen LogP contribution in [0, 0.1) is 13.8 Å². The van der Waals surface area contributed by atoms with Crippen LogP contribution in [-0.2, 0) is 14.1 Å². The Balaban J connectivity index is 1.66. The Kier molecular flexibility index (Phi) is 4.66. The minimum atomic E-state index is -0.0176. The van der Waals surface area contributed by atoms with Crippen molar-refractivity contribution in [2.75, 3.05) is 0 Å². The predicted molar refractivity (Wildman–Crippen MR) is 125 cm³/mol. The molecule has 0 aliphatic carbocycles. The monoisotopic (exact) mass is 425 g/mol. The number of aromatic nitrogens is 5. The van der Waals surface area contributed by atoms with E-state index in [9.17, 15) is 4.79 Å². The Labute approximate surface area is 184 Å². The molecule has 0 saturated heterocycles. The summed E-state index contributed by atoms with van der Waals surface area (Å²) in [5.41, 5.74) is 5.89. The highest BCUT2D eigenvalue weighted by Gasteiger charge is 2.17. The standard InChI is InChI=1S/C25H23N5O2/c1-15-12-18(14-29(3)25(15)31)20-8-9-22-23(27-16(2)26-22)24(20)32-19-7-5-6-17(13-19)21-10-11-30(4)28-21/h5-14H,1-4H3,(H,26,27). The average molecular weight is 425 g/mol. The molecule has 0 unspecified atom stereocenters. The van der Waals surface area contributed by atoms with Crippen LogP contribution < -0.4 is 10.3 Å². The second kappa shape index (κ2) is 7.53. The van der Waals surface area contributed by atoms with Gasteiger partial charge in [0.25, 0.3) is 5.56 Å². The van der Waals surface area contributed by atoms with Gasteiger partial charge in [-0.2, -0.15) is 5.10 Å². The SMILES string of the molecule is Cc1nc2c(Oc3cccc(-c4ccn(C)n4)c3)c(-c3cc(C)c(=O)n(C)c3)ccc2[nH]1. The maximum absolute atomic E-state index is 12.2. The van der Waals surface area contributed by atoms with Crippen molar-refractivity contribution in [1.82, 2.24) is 24.3 Å². The fourth-order valence-corrected chi connectivity index (χ4v) is 3.93. The van der Waals surface area contributed by atoms with Crippen molar-refractivity contribution in [1.29, 1.82) is 0 Å². The summed E-state index contributed by atoms with van der Waals surface area (Å²) in [6, 6.07) is 15.7. The number of fused-ring (bicyclic) bond motifs is 1. The van der Waals surface area contributed by atoms with E-state index in [-0.39, 0.29) is 5.56 Å². The summed E-state index contributed by atoms with van der Waals surface area (Å²) in [5, 5.41) is 4.49. The van der Waals surface area contributed by atoms with Crippen LogP contribution in [0.25, 0.3) is 33.4 Å². The molecule has 0 atom stereocenters. The zero-order chi connectivity index (χ0) is 22.4. The van der Waals surface area contributed by atoms with Gasteiger partial charge in [0.05, 0.1) is 11.2 Å². The van der Waals surface area contributed by atoms with Crippen LogP contribution >= 0.6 is 0 Å². The van der Waals surface area contributed by atoms with Crippen LogP contribution in [0.3, 0.4) is 0 Å². The first-order valence-corrected chi connectivity index (χ1v) is 10.3. The van der Waals surface area contributed by atoms with E-state index in [1.54, 1.807) is 16.3 Å². The number of H-pyrrole nitrogens is 1. The van der Waals surface area contributed by atoms with Crippen molar-refractivity contribution < 1.29 is 4.74 Å². The molecular weight excluding hydrogens is 402 g/mol. The Bertz CT molecular complexity index is 1500. The van der Waals surface area contributed by atoms with Gasteiger partial charge in [-0.3, -0.25) is 9.48 Å². The minimum absolute atomic E-state index is 0.0176. The number of nitrogens with zero attached hydrogens (tertiary/aromatic N) is 4. The van der Waals surface area contributed by atoms with Gasteiger partial charge in [-0.25, -0.2) is 4.98 Å². The van der Waals surface area contributed by atoms with Crippen LogP contribution in [0.2, 0.25) is 0 Å². The van der Waals surface area contributed by atoms with Crippen molar-refractivity contribution in [2.45, 2.75) is 13.8 Å². The second-order valence-electron chi connectivity index (χ2n) is 7.99. The van der Waals surface area contributed by atoms with Crippen LogP contribution in [0.4, 0.5) is 0 Å². The fraction of sp³-hybridized carbons (Fsp3) is 0.160. The third-order valence-corrected chi connectivity index (χ3v) is 5.46. The molecule has 5 aromatic rings. The molecule has 1 N–H and O–H groups in total. The minimum Gasteiger partial charge on any atom is -0.454 e. The third-order valence-electron chi connectivity index (χ3n) is 5.46. The maximum Gasteiger partial charge on any atom is 0.253 e. The normalized spacial score (nSPS) is 11.2. The van der Waals surface area contributed by atoms with Crippen molar-refractivity contribution in [3.05, 3.63) is 82.7 Å². The van der Waals surface area contributed by atoms with Crippen LogP contribution in [0.15, 0.2) is 65.7 Å². The molecule has 5 rings (SSSR count). The summed E-state index contributed by atoms with van der Waals surface area (Å²) in [5.74, 6) is 2.13. The van der Waals surface area contributed by atoms with Gasteiger partial charge in [-0.15, -0.1) is 0 Å². The molecular formula is C25H23N5O2. The average Bonchev–Trinajstić information content (AvgIpc) is 3.37. The van der Waals surface area contributed by atoms with E-state index in [0.29, 0.717) is 17.1 Å². The molecule has 0 aliphatic heterocycles. The molecule has 0 saturated carbocycles. The summed E-state index contributed by atoms with van der Waals surface area (Å²) >= 11 is 0. The highest BCUT2D eigenvalue weighted by molar-refractivity contribution is 5.91. The lowest BCUT2D eigenvalue weighted by Crippen LogP contribution is -2.18. The number of ether oxygens (including phenoxy) is 1. The summed E-state index contributed by atoms with van der Waals surface area (Å²) in [7, 11) is 3.65. The first-order chi connectivity index (χ1) is 15.4. The number of aromatic amines is 1. The van der Waals surface area contributed by atoms with E-state index >= 15 is 0 Å². The molecule has 0 radical (unpaired) electrons. The number of hydrogen-bond acceptors (Lipinski definition) is 4. The highest BCUT2D eigenvalue weighted by Crippen LogP contribution is 2.39. The van der Waals surface area contributed by atoms with Crippen LogP contribution in [-0.4, -0.2) is 24.3 Å². The zero-order valence-corrected chi connectivity index (χ0v) is 18.4. The Morgan fingerprint density at radius 2 is 1.84 bits per heavy atom. The Morgan fingerprint density at radius 3 is 2.59 bits per heavy atom. The predicted octanol–water partition coefficient (Wildman–Crippen LogP) is 4.74. The van der Waals surface area contributed by atoms with Crippen molar-refractivity contribution >= 4 is 11.0 Å². The lowest BCUT2D eigenvalue weighted by molar-refractivity contribution is 0.489. The smallest absolute Gasteiger partial charge is 0.253 e. The fourth-order valence-electron chi connectivity index (χ4n) is 3.93. The topological polar surface area (TPSA) is 77.7 Å². The molecule has 2 aromatic carbocycles. The number of benzene rings is 2. The third kappa shape index (κ3) is 3.47. The van der Waals surface area contributed by atoms with E-state index in [0.717, 1.165) is 39.2 Å². The Morgan fingerprint density at radius 1 is 1.00 bits per heavy atom. The van der Waals surface area contributed by atoms with Crippen molar-refractivity contribution in [2.24, 2.45) is 14.1 Å². The van der Waals surface area contributed by atoms with Crippen molar-refractivity contribution in [3.8, 4) is 33.9 Å². The van der Waals surface area contributed by atoms with Gasteiger partial charge < -0.3 is 14.3 Å². The second-order valence-corrected chi connectivity index (χ2v) is 7.99. The molecule has 0 aliphatic rings. The van der Waals surface area contributed by atoms with E-state index in [1.165, 1.54) is 0 Å². The van der Waals surface area contributed by atoms with E-state index < -0.39 is 0 Å². The quantitative estimate of drug-likeness (QED) is 0.451. The lowest BCUT2D eigenvalue weighted by atomic mass is 10.0. The number of aryl methyl sites for hydroxylation is 4. The molecule has 0 bridgehead atoms. The molecule has 32 heavy (non-hydrogen) atoms. The van der Waals surface area contributed by atoms with E-state index in [4.69, 9.17) is 4.74 Å². The molecule has 0 amide bonds. The van der Waals surface area contributed by atoms with Gasteiger partial charge in [0.1, 0.15) is 17.1 Å². The number of nitrogens with one attached hydrogen (secondary N) is 1. The molecule has 7 heteroatoms. The molecule has 0 spiro atoms. The van der Waals surface area contributed by atoms with Crippen LogP contribution in [0.1, 0.15) is 11.4 Å². The molecule has 7 nitrogen and oxygen atoms in total. The van der Waals surface area contributed by atoms with Crippen LogP contribution in [0.5, 0.6) is 11.5 Å². The molecule has 0 fully saturated rings. The Hall–Kier alpha value is -4.13. The van der Waals surface area contributed by atoms with Gasteiger partial charge >= 0.3 is 0 Å². The summed E-state index contributed by atoms with van der Waals surface area (Å²) in [4.78, 5) is 20.2. The lowest BCUT2D eigenvalue weighted by Gasteiger charge is -2.14. The largest absolute Gasteiger partial charge is 0.454 e. The van der Waals surface area contributed by atoms with Gasteiger partial charge in [0, 0.05) is 48.7 Å². The summed E-state index contributed by atoms with van der Waals surface area (Å²) in [6.07, 6.45) is 3.74. The van der Waals surface area contributed by atoms with E-state index in [1.807, 2.05) is 81.8 Å². The van der Waals surface area contributed by atoms with E-state index in [2.05, 4.69) is 15.1 Å². The summed E-state index contributed by atoms with van der Waals surface area (Å²) < 4.78 is 9.83. The number of imidazole rings is 1. The number of pyridine rings is 1. The van der Waals surface area contributed by atoms with Gasteiger partial charge in [0.15, 0.2) is 5.75 Å². The van der Waals surface area contributed by atoms with Gasteiger partial charge in [-0.05, 0) is 50.2 Å². The number of rotatable bonds is 4. The zero-order valence-electron chi connectivity index (χ0n) is 18.4. The molecule has 160 valence electrons. The highest BCUT2D eigenvalue weighted by atomic mass is 16.5. The van der Waals surface area contributed by atoms with Gasteiger partial charge in [-0.1, -0.05) is 12.1 Å².